The summed E-state index contributed by atoms with van der Waals surface area (Å²) in [5.41, 5.74) is 0.943. The molecule has 0 aliphatic carbocycles. The molecule has 0 saturated carbocycles. The Kier molecular flexibility index (Phi) is 3.03. The monoisotopic (exact) mass is 220 g/mol. The second kappa shape index (κ2) is 4.46. The number of halogens is 1. The molecule has 6 heteroatoms. The molecule has 0 aliphatic rings. The first-order chi connectivity index (χ1) is 7.65. The van der Waals surface area contributed by atoms with Crippen LogP contribution in [0.5, 0.6) is 0 Å². The highest BCUT2D eigenvalue weighted by atomic mass is 19.1. The van der Waals surface area contributed by atoms with Crippen molar-refractivity contribution in [1.82, 2.24) is 9.78 Å². The lowest BCUT2D eigenvalue weighted by molar-refractivity contribution is 0.423. The van der Waals surface area contributed by atoms with E-state index in [4.69, 9.17) is 10.0 Å². The summed E-state index contributed by atoms with van der Waals surface area (Å²) in [6.07, 6.45) is 1.61. The molecule has 0 unspecified atom stereocenters. The zero-order chi connectivity index (χ0) is 11.5. The molecule has 0 radical (unpaired) electrons. The van der Waals surface area contributed by atoms with Gasteiger partial charge < -0.3 is 10.0 Å². The van der Waals surface area contributed by atoms with Crippen LogP contribution in [-0.2, 0) is 6.54 Å². The lowest BCUT2D eigenvalue weighted by Gasteiger charge is -2.01. The van der Waals surface area contributed by atoms with Crippen LogP contribution in [0.3, 0.4) is 0 Å². The van der Waals surface area contributed by atoms with Crippen molar-refractivity contribution in [1.29, 1.82) is 0 Å². The van der Waals surface area contributed by atoms with E-state index in [0.717, 1.165) is 5.56 Å². The van der Waals surface area contributed by atoms with Crippen LogP contribution in [0.15, 0.2) is 36.5 Å². The lowest BCUT2D eigenvalue weighted by Crippen LogP contribution is -2.31. The second-order valence-electron chi connectivity index (χ2n) is 3.44. The standard InChI is InChI=1S/C10H10BFN2O2/c12-9-3-1-2-8(6-9)7-14-5-4-10(13-14)11(15)16/h1-6,15-16H,7H2. The number of hydrogen-bond donors (Lipinski definition) is 2. The maximum absolute atomic E-state index is 12.9. The minimum absolute atomic E-state index is 0.177. The molecule has 2 aromatic rings. The van der Waals surface area contributed by atoms with Crippen molar-refractivity contribution in [2.75, 3.05) is 0 Å². The fraction of sp³-hybridized carbons (Fsp3) is 0.100. The molecule has 16 heavy (non-hydrogen) atoms. The summed E-state index contributed by atoms with van der Waals surface area (Å²) >= 11 is 0. The van der Waals surface area contributed by atoms with E-state index < -0.39 is 7.12 Å². The van der Waals surface area contributed by atoms with Gasteiger partial charge in [0.1, 0.15) is 5.82 Å². The van der Waals surface area contributed by atoms with Gasteiger partial charge in [0.15, 0.2) is 0 Å². The highest BCUT2D eigenvalue weighted by Gasteiger charge is 2.14. The predicted molar refractivity (Wildman–Crippen MR) is 57.6 cm³/mol. The van der Waals surface area contributed by atoms with Crippen molar-refractivity contribution < 1.29 is 14.4 Å². The molecule has 82 valence electrons. The van der Waals surface area contributed by atoms with Gasteiger partial charge in [-0.3, -0.25) is 4.68 Å². The molecule has 0 atom stereocenters. The molecule has 0 amide bonds. The van der Waals surface area contributed by atoms with Crippen molar-refractivity contribution in [3.8, 4) is 0 Å². The minimum atomic E-state index is -1.58. The SMILES string of the molecule is OB(O)c1ccn(Cc2cccc(F)c2)n1. The Morgan fingerprint density at radius 3 is 2.75 bits per heavy atom. The molecular weight excluding hydrogens is 210 g/mol. The van der Waals surface area contributed by atoms with Gasteiger partial charge in [0.05, 0.1) is 12.1 Å². The number of benzene rings is 1. The Hall–Kier alpha value is -1.66. The Balaban J connectivity index is 2.14. The highest BCUT2D eigenvalue weighted by molar-refractivity contribution is 6.57. The van der Waals surface area contributed by atoms with Crippen LogP contribution < -0.4 is 5.59 Å². The number of hydrogen-bond acceptors (Lipinski definition) is 3. The van der Waals surface area contributed by atoms with Crippen LogP contribution >= 0.6 is 0 Å². The first-order valence-corrected chi connectivity index (χ1v) is 4.79. The number of rotatable bonds is 3. The molecular formula is C10H10BFN2O2. The largest absolute Gasteiger partial charge is 0.510 e. The average Bonchev–Trinajstić information content (AvgIpc) is 2.66. The molecule has 0 spiro atoms. The Morgan fingerprint density at radius 1 is 1.31 bits per heavy atom. The summed E-state index contributed by atoms with van der Waals surface area (Å²) in [5.74, 6) is -0.299. The summed E-state index contributed by atoms with van der Waals surface area (Å²) < 4.78 is 14.4. The highest BCUT2D eigenvalue weighted by Crippen LogP contribution is 2.04. The summed E-state index contributed by atoms with van der Waals surface area (Å²) in [4.78, 5) is 0. The molecule has 2 rings (SSSR count). The molecule has 4 nitrogen and oxygen atoms in total. The minimum Gasteiger partial charge on any atom is -0.422 e. The van der Waals surface area contributed by atoms with Gasteiger partial charge in [-0.2, -0.15) is 5.10 Å². The zero-order valence-corrected chi connectivity index (χ0v) is 8.42. The molecule has 0 fully saturated rings. The molecule has 0 aliphatic heterocycles. The summed E-state index contributed by atoms with van der Waals surface area (Å²) in [7, 11) is -1.58. The Labute approximate surface area is 92.1 Å². The molecule has 0 bridgehead atoms. The van der Waals surface area contributed by atoms with Crippen LogP contribution in [0.2, 0.25) is 0 Å². The van der Waals surface area contributed by atoms with E-state index in [1.165, 1.54) is 22.9 Å². The van der Waals surface area contributed by atoms with Crippen molar-refractivity contribution in [2.45, 2.75) is 6.54 Å². The third-order valence-electron chi connectivity index (χ3n) is 2.16. The summed E-state index contributed by atoms with van der Waals surface area (Å²) in [6.45, 7) is 0.393. The van der Waals surface area contributed by atoms with Crippen LogP contribution in [0.1, 0.15) is 5.56 Å². The fourth-order valence-corrected chi connectivity index (χ4v) is 1.43. The molecule has 2 N–H and O–H groups in total. The van der Waals surface area contributed by atoms with Gasteiger partial charge in [-0.1, -0.05) is 12.1 Å². The predicted octanol–water partition coefficient (Wildman–Crippen LogP) is -0.250. The van der Waals surface area contributed by atoms with Gasteiger partial charge >= 0.3 is 7.12 Å². The van der Waals surface area contributed by atoms with E-state index >= 15 is 0 Å². The van der Waals surface area contributed by atoms with E-state index in [1.54, 1.807) is 18.3 Å². The third-order valence-corrected chi connectivity index (χ3v) is 2.16. The topological polar surface area (TPSA) is 58.3 Å². The molecule has 1 heterocycles. The van der Waals surface area contributed by atoms with Gasteiger partial charge in [-0.05, 0) is 23.8 Å². The van der Waals surface area contributed by atoms with Crippen molar-refractivity contribution in [2.24, 2.45) is 0 Å². The molecule has 1 aromatic heterocycles. The Morgan fingerprint density at radius 2 is 2.12 bits per heavy atom. The average molecular weight is 220 g/mol. The number of aromatic nitrogens is 2. The van der Waals surface area contributed by atoms with Gasteiger partial charge in [0.25, 0.3) is 0 Å². The maximum atomic E-state index is 12.9. The summed E-state index contributed by atoms with van der Waals surface area (Å²) in [6, 6.07) is 7.69. The maximum Gasteiger partial charge on any atom is 0.510 e. The second-order valence-corrected chi connectivity index (χ2v) is 3.44. The third kappa shape index (κ3) is 2.47. The van der Waals surface area contributed by atoms with Crippen molar-refractivity contribution in [3.05, 3.63) is 47.9 Å². The Bertz CT molecular complexity index is 487. The van der Waals surface area contributed by atoms with Crippen molar-refractivity contribution in [3.63, 3.8) is 0 Å². The quantitative estimate of drug-likeness (QED) is 0.701. The number of nitrogens with zero attached hydrogens (tertiary/aromatic N) is 2. The zero-order valence-electron chi connectivity index (χ0n) is 8.42. The smallest absolute Gasteiger partial charge is 0.422 e. The van der Waals surface area contributed by atoms with Crippen molar-refractivity contribution >= 4 is 12.7 Å². The van der Waals surface area contributed by atoms with E-state index in [9.17, 15) is 4.39 Å². The van der Waals surface area contributed by atoms with Gasteiger partial charge in [0.2, 0.25) is 0 Å². The van der Waals surface area contributed by atoms with E-state index in [2.05, 4.69) is 5.10 Å². The fourth-order valence-electron chi connectivity index (χ4n) is 1.43. The van der Waals surface area contributed by atoms with Gasteiger partial charge in [0, 0.05) is 6.20 Å². The van der Waals surface area contributed by atoms with E-state index in [1.807, 2.05) is 0 Å². The van der Waals surface area contributed by atoms with Crippen LogP contribution in [-0.4, -0.2) is 26.9 Å². The van der Waals surface area contributed by atoms with Crippen LogP contribution in [0.4, 0.5) is 4.39 Å². The van der Waals surface area contributed by atoms with Gasteiger partial charge in [-0.25, -0.2) is 4.39 Å². The summed E-state index contributed by atoms with van der Waals surface area (Å²) in [5, 5.41) is 21.7. The van der Waals surface area contributed by atoms with E-state index in [-0.39, 0.29) is 11.4 Å². The van der Waals surface area contributed by atoms with Crippen LogP contribution in [0.25, 0.3) is 0 Å². The van der Waals surface area contributed by atoms with Gasteiger partial charge in [-0.15, -0.1) is 0 Å². The first kappa shape index (κ1) is 10.8. The van der Waals surface area contributed by atoms with Crippen LogP contribution in [0, 0.1) is 5.82 Å². The lowest BCUT2D eigenvalue weighted by atomic mass is 9.87. The van der Waals surface area contributed by atoms with E-state index in [0.29, 0.717) is 6.54 Å². The normalized spacial score (nSPS) is 10.4. The first-order valence-electron chi connectivity index (χ1n) is 4.79. The molecule has 0 saturated heterocycles. The molecule has 1 aromatic carbocycles.